The third-order valence-corrected chi connectivity index (χ3v) is 1.57. The molecule has 1 aromatic rings. The fraction of sp³-hybridized carbons (Fsp3) is 0.143. The predicted octanol–water partition coefficient (Wildman–Crippen LogP) is 2.16. The number of nitrogens with zero attached hydrogens (tertiary/aromatic N) is 1. The van der Waals surface area contributed by atoms with Crippen molar-refractivity contribution in [2.45, 2.75) is 6.92 Å². The SMILES string of the molecule is Cc1cc(F)ccc1N=S=O. The number of hydrogen-bond donors (Lipinski definition) is 0. The molecule has 1 aromatic carbocycles. The molecule has 0 saturated heterocycles. The van der Waals surface area contributed by atoms with Crippen molar-refractivity contribution in [3.63, 3.8) is 0 Å². The van der Waals surface area contributed by atoms with Gasteiger partial charge >= 0.3 is 0 Å². The second kappa shape index (κ2) is 3.39. The van der Waals surface area contributed by atoms with Crippen LogP contribution in [-0.4, -0.2) is 4.21 Å². The minimum absolute atomic E-state index is 0.127. The van der Waals surface area contributed by atoms with Gasteiger partial charge in [-0.1, -0.05) is 0 Å². The van der Waals surface area contributed by atoms with Gasteiger partial charge in [0, 0.05) is 0 Å². The standard InChI is InChI=1S/C7H6FNOS/c1-5-4-6(8)2-3-7(5)9-11-10/h2-4H,1H3. The highest BCUT2D eigenvalue weighted by Crippen LogP contribution is 2.17. The monoisotopic (exact) mass is 171 g/mol. The van der Waals surface area contributed by atoms with Crippen molar-refractivity contribution in [1.29, 1.82) is 0 Å². The van der Waals surface area contributed by atoms with Crippen molar-refractivity contribution in [2.24, 2.45) is 4.36 Å². The summed E-state index contributed by atoms with van der Waals surface area (Å²) in [5, 5.41) is 0. The van der Waals surface area contributed by atoms with Gasteiger partial charge in [0.2, 0.25) is 11.5 Å². The summed E-state index contributed by atoms with van der Waals surface area (Å²) in [4.78, 5) is 0. The number of rotatable bonds is 1. The van der Waals surface area contributed by atoms with Gasteiger partial charge in [0.25, 0.3) is 0 Å². The van der Waals surface area contributed by atoms with E-state index in [1.165, 1.54) is 18.2 Å². The number of aryl methyl sites for hydroxylation is 1. The molecule has 0 N–H and O–H groups in total. The van der Waals surface area contributed by atoms with Gasteiger partial charge in [-0.15, -0.1) is 0 Å². The van der Waals surface area contributed by atoms with Crippen LogP contribution in [0.25, 0.3) is 0 Å². The molecule has 0 unspecified atom stereocenters. The zero-order valence-electron chi connectivity index (χ0n) is 5.87. The van der Waals surface area contributed by atoms with Gasteiger partial charge in [-0.3, -0.25) is 0 Å². The summed E-state index contributed by atoms with van der Waals surface area (Å²) in [7, 11) is 0. The molecule has 0 aliphatic rings. The summed E-state index contributed by atoms with van der Waals surface area (Å²) in [6.07, 6.45) is 0. The maximum Gasteiger partial charge on any atom is 0.205 e. The Bertz CT molecular complexity index is 320. The molecule has 0 radical (unpaired) electrons. The minimum Gasteiger partial charge on any atom is -0.207 e. The van der Waals surface area contributed by atoms with Crippen molar-refractivity contribution in [2.75, 3.05) is 0 Å². The van der Waals surface area contributed by atoms with Crippen LogP contribution >= 0.6 is 0 Å². The highest BCUT2D eigenvalue weighted by molar-refractivity contribution is 7.54. The lowest BCUT2D eigenvalue weighted by Gasteiger charge is -1.95. The van der Waals surface area contributed by atoms with Crippen LogP contribution in [0.5, 0.6) is 0 Å². The Labute approximate surface area is 67.3 Å². The first-order valence-electron chi connectivity index (χ1n) is 3.00. The molecule has 0 aliphatic heterocycles. The van der Waals surface area contributed by atoms with Crippen molar-refractivity contribution in [3.05, 3.63) is 29.6 Å². The third kappa shape index (κ3) is 1.94. The lowest BCUT2D eigenvalue weighted by molar-refractivity contribution is 0.627. The molecule has 0 aromatic heterocycles. The minimum atomic E-state index is -0.308. The topological polar surface area (TPSA) is 29.4 Å². The smallest absolute Gasteiger partial charge is 0.205 e. The second-order valence-corrected chi connectivity index (χ2v) is 2.43. The number of hydrogen-bond acceptors (Lipinski definition) is 2. The molecule has 11 heavy (non-hydrogen) atoms. The molecule has 0 spiro atoms. The fourth-order valence-electron chi connectivity index (χ4n) is 0.761. The molecule has 0 heterocycles. The Morgan fingerprint density at radius 1 is 1.55 bits per heavy atom. The molecule has 58 valence electrons. The Kier molecular flexibility index (Phi) is 2.48. The van der Waals surface area contributed by atoms with Gasteiger partial charge in [0.15, 0.2) is 0 Å². The van der Waals surface area contributed by atoms with E-state index < -0.39 is 0 Å². The van der Waals surface area contributed by atoms with Gasteiger partial charge < -0.3 is 0 Å². The molecule has 0 bridgehead atoms. The summed E-state index contributed by atoms with van der Waals surface area (Å²) in [5.74, 6) is -0.308. The summed E-state index contributed by atoms with van der Waals surface area (Å²) in [5.41, 5.74) is 1.21. The van der Waals surface area contributed by atoms with Crippen LogP contribution in [0.1, 0.15) is 5.56 Å². The summed E-state index contributed by atoms with van der Waals surface area (Å²) in [6.45, 7) is 1.71. The van der Waals surface area contributed by atoms with E-state index in [-0.39, 0.29) is 17.3 Å². The van der Waals surface area contributed by atoms with Gasteiger partial charge in [0.1, 0.15) is 5.82 Å². The highest BCUT2D eigenvalue weighted by Gasteiger charge is 1.96. The zero-order valence-corrected chi connectivity index (χ0v) is 6.69. The zero-order chi connectivity index (χ0) is 8.27. The maximum absolute atomic E-state index is 12.5. The molecular formula is C7H6FNOS. The molecule has 4 heteroatoms. The molecule has 0 aliphatic carbocycles. The van der Waals surface area contributed by atoms with E-state index in [0.717, 1.165) is 0 Å². The Morgan fingerprint density at radius 3 is 2.82 bits per heavy atom. The molecule has 0 amide bonds. The third-order valence-electron chi connectivity index (χ3n) is 1.29. The van der Waals surface area contributed by atoms with Crippen LogP contribution in [0, 0.1) is 12.7 Å². The van der Waals surface area contributed by atoms with Gasteiger partial charge in [-0.2, -0.15) is 8.57 Å². The summed E-state index contributed by atoms with van der Waals surface area (Å²) in [6, 6.07) is 4.10. The van der Waals surface area contributed by atoms with E-state index >= 15 is 0 Å². The number of benzene rings is 1. The van der Waals surface area contributed by atoms with Crippen LogP contribution < -0.4 is 0 Å². The first kappa shape index (κ1) is 8.07. The van der Waals surface area contributed by atoms with Crippen molar-refractivity contribution in [1.82, 2.24) is 0 Å². The van der Waals surface area contributed by atoms with E-state index in [0.29, 0.717) is 11.3 Å². The van der Waals surface area contributed by atoms with E-state index in [4.69, 9.17) is 0 Å². The van der Waals surface area contributed by atoms with Crippen molar-refractivity contribution < 1.29 is 8.60 Å². The number of halogens is 1. The average molecular weight is 171 g/mol. The lowest BCUT2D eigenvalue weighted by atomic mass is 10.2. The van der Waals surface area contributed by atoms with Crippen LogP contribution in [0.15, 0.2) is 22.6 Å². The van der Waals surface area contributed by atoms with E-state index in [1.807, 2.05) is 0 Å². The average Bonchev–Trinajstić information content (AvgIpc) is 1.95. The van der Waals surface area contributed by atoms with E-state index in [2.05, 4.69) is 4.36 Å². The molecule has 0 saturated carbocycles. The fourth-order valence-corrected chi connectivity index (χ4v) is 1.05. The van der Waals surface area contributed by atoms with Crippen molar-refractivity contribution in [3.8, 4) is 0 Å². The Balaban J connectivity index is 3.19. The molecule has 0 atom stereocenters. The summed E-state index contributed by atoms with van der Waals surface area (Å²) >= 11 is 0.127. The van der Waals surface area contributed by atoms with E-state index in [9.17, 15) is 8.60 Å². The van der Waals surface area contributed by atoms with Gasteiger partial charge in [-0.05, 0) is 30.7 Å². The van der Waals surface area contributed by atoms with Crippen LogP contribution in [0.3, 0.4) is 0 Å². The summed E-state index contributed by atoms with van der Waals surface area (Å²) < 4.78 is 26.0. The first-order valence-corrected chi connectivity index (χ1v) is 3.70. The molecular weight excluding hydrogens is 165 g/mol. The van der Waals surface area contributed by atoms with Gasteiger partial charge in [0.05, 0.1) is 5.69 Å². The van der Waals surface area contributed by atoms with Crippen LogP contribution in [0.4, 0.5) is 10.1 Å². The van der Waals surface area contributed by atoms with Crippen molar-refractivity contribution >= 4 is 17.2 Å². The Hall–Kier alpha value is -1.03. The Morgan fingerprint density at radius 2 is 2.27 bits per heavy atom. The second-order valence-electron chi connectivity index (χ2n) is 2.10. The highest BCUT2D eigenvalue weighted by atomic mass is 32.1. The molecule has 2 nitrogen and oxygen atoms in total. The molecule has 1 rings (SSSR count). The first-order chi connectivity index (χ1) is 5.24. The predicted molar refractivity (Wildman–Crippen MR) is 41.4 cm³/mol. The van der Waals surface area contributed by atoms with E-state index in [1.54, 1.807) is 6.92 Å². The van der Waals surface area contributed by atoms with Gasteiger partial charge in [-0.25, -0.2) is 4.39 Å². The normalized spacial score (nSPS) is 9.27. The molecule has 0 fully saturated rings. The largest absolute Gasteiger partial charge is 0.207 e. The van der Waals surface area contributed by atoms with Crippen LogP contribution in [-0.2, 0) is 11.5 Å². The van der Waals surface area contributed by atoms with Crippen LogP contribution in [0.2, 0.25) is 0 Å². The lowest BCUT2D eigenvalue weighted by Crippen LogP contribution is -1.76. The maximum atomic E-state index is 12.5. The quantitative estimate of drug-likeness (QED) is 0.636.